The second kappa shape index (κ2) is 7.96. The van der Waals surface area contributed by atoms with Crippen LogP contribution in [0.25, 0.3) is 22.2 Å². The van der Waals surface area contributed by atoms with Crippen molar-refractivity contribution < 1.29 is 8.42 Å². The van der Waals surface area contributed by atoms with Gasteiger partial charge < -0.3 is 0 Å². The molecule has 31 heavy (non-hydrogen) atoms. The zero-order valence-corrected chi connectivity index (χ0v) is 18.4. The fraction of sp³-hybridized carbons (Fsp3) is 0.333. The van der Waals surface area contributed by atoms with Gasteiger partial charge in [-0.25, -0.2) is 17.4 Å². The Morgan fingerprint density at radius 3 is 2.39 bits per heavy atom. The second-order valence-electron chi connectivity index (χ2n) is 8.39. The highest BCUT2D eigenvalue weighted by atomic mass is 32.2. The van der Waals surface area contributed by atoms with Gasteiger partial charge in [-0.2, -0.15) is 5.10 Å². The summed E-state index contributed by atoms with van der Waals surface area (Å²) in [5.74, 6) is 0.482. The Morgan fingerprint density at radius 2 is 1.71 bits per heavy atom. The first-order chi connectivity index (χ1) is 15.0. The molecule has 160 valence electrons. The van der Waals surface area contributed by atoms with E-state index in [1.165, 1.54) is 48.1 Å². The quantitative estimate of drug-likeness (QED) is 0.419. The van der Waals surface area contributed by atoms with E-state index in [1.54, 1.807) is 41.3 Å². The Morgan fingerprint density at radius 1 is 0.968 bits per heavy atom. The number of hydrogen-bond acceptors (Lipinski definition) is 4. The van der Waals surface area contributed by atoms with E-state index in [0.29, 0.717) is 11.6 Å². The van der Waals surface area contributed by atoms with Gasteiger partial charge in [-0.05, 0) is 42.5 Å². The fourth-order valence-corrected chi connectivity index (χ4v) is 5.96. The van der Waals surface area contributed by atoms with E-state index in [4.69, 9.17) is 0 Å². The molecule has 3 heterocycles. The van der Waals surface area contributed by atoms with Crippen LogP contribution in [0.3, 0.4) is 0 Å². The molecule has 1 aliphatic carbocycles. The molecule has 0 N–H and O–H groups in total. The Bertz CT molecular complexity index is 1310. The molecule has 0 radical (unpaired) electrons. The Hall–Kier alpha value is -2.93. The third-order valence-electron chi connectivity index (χ3n) is 6.28. The van der Waals surface area contributed by atoms with Gasteiger partial charge in [0.25, 0.3) is 10.0 Å². The molecule has 6 nitrogen and oxygen atoms in total. The number of aromatic nitrogens is 4. The second-order valence-corrected chi connectivity index (χ2v) is 10.2. The highest BCUT2D eigenvalue weighted by molar-refractivity contribution is 7.90. The predicted molar refractivity (Wildman–Crippen MR) is 121 cm³/mol. The largest absolute Gasteiger partial charge is 0.275 e. The fourth-order valence-electron chi connectivity index (χ4n) is 4.61. The van der Waals surface area contributed by atoms with E-state index in [2.05, 4.69) is 16.1 Å². The zero-order chi connectivity index (χ0) is 21.4. The van der Waals surface area contributed by atoms with Crippen LogP contribution in [0.15, 0.2) is 66.1 Å². The maximum Gasteiger partial charge on any atom is 0.269 e. The molecular formula is C24H26N4O2S. The monoisotopic (exact) mass is 434 g/mol. The van der Waals surface area contributed by atoms with Crippen LogP contribution < -0.4 is 0 Å². The zero-order valence-electron chi connectivity index (χ0n) is 17.6. The lowest BCUT2D eigenvalue weighted by atomic mass is 9.92. The van der Waals surface area contributed by atoms with Crippen molar-refractivity contribution >= 4 is 21.1 Å². The minimum atomic E-state index is -3.76. The molecule has 4 aromatic rings. The lowest BCUT2D eigenvalue weighted by Gasteiger charge is -2.14. The molecule has 1 aromatic carbocycles. The van der Waals surface area contributed by atoms with Crippen molar-refractivity contribution in [1.82, 2.24) is 18.7 Å². The third-order valence-corrected chi connectivity index (χ3v) is 7.94. The van der Waals surface area contributed by atoms with Crippen LogP contribution in [-0.2, 0) is 17.1 Å². The number of rotatable bonds is 4. The summed E-state index contributed by atoms with van der Waals surface area (Å²) < 4.78 is 29.9. The van der Waals surface area contributed by atoms with E-state index in [0.717, 1.165) is 16.5 Å². The molecule has 0 amide bonds. The molecule has 0 bridgehead atoms. The minimum Gasteiger partial charge on any atom is -0.275 e. The van der Waals surface area contributed by atoms with Gasteiger partial charge in [0.15, 0.2) is 5.65 Å². The molecule has 1 saturated carbocycles. The number of pyridine rings is 1. The lowest BCUT2D eigenvalue weighted by molar-refractivity contribution is 0.588. The van der Waals surface area contributed by atoms with Crippen molar-refractivity contribution in [1.29, 1.82) is 0 Å². The summed E-state index contributed by atoms with van der Waals surface area (Å²) in [5.41, 5.74) is 3.38. The average Bonchev–Trinajstić information content (AvgIpc) is 3.27. The standard InChI is InChI=1S/C24H26N4O2S/c1-27-16-20(15-26-27)23-17-28(31(29,30)21-11-7-4-8-12-21)24-22(23)13-19(14-25-24)18-9-5-2-3-6-10-18/h4,7-8,11-18H,2-3,5-6,9-10H2,1H3. The van der Waals surface area contributed by atoms with E-state index < -0.39 is 10.0 Å². The molecule has 0 unspecified atom stereocenters. The van der Waals surface area contributed by atoms with Gasteiger partial charge >= 0.3 is 0 Å². The summed E-state index contributed by atoms with van der Waals surface area (Å²) in [6.07, 6.45) is 14.6. The number of hydrogen-bond donors (Lipinski definition) is 0. The molecule has 3 aromatic heterocycles. The average molecular weight is 435 g/mol. The number of fused-ring (bicyclic) bond motifs is 1. The first-order valence-corrected chi connectivity index (χ1v) is 12.3. The molecule has 5 rings (SSSR count). The van der Waals surface area contributed by atoms with Crippen molar-refractivity contribution in [3.8, 4) is 11.1 Å². The minimum absolute atomic E-state index is 0.249. The summed E-state index contributed by atoms with van der Waals surface area (Å²) >= 11 is 0. The number of benzene rings is 1. The van der Waals surface area contributed by atoms with Crippen LogP contribution in [-0.4, -0.2) is 27.2 Å². The van der Waals surface area contributed by atoms with E-state index in [-0.39, 0.29) is 4.90 Å². The third kappa shape index (κ3) is 3.67. The highest BCUT2D eigenvalue weighted by Crippen LogP contribution is 2.36. The molecule has 1 fully saturated rings. The predicted octanol–water partition coefficient (Wildman–Crippen LogP) is 5.11. The molecule has 7 heteroatoms. The van der Waals surface area contributed by atoms with Crippen molar-refractivity contribution in [3.63, 3.8) is 0 Å². The Kier molecular flexibility index (Phi) is 5.14. The van der Waals surface area contributed by atoms with Crippen molar-refractivity contribution in [2.24, 2.45) is 7.05 Å². The van der Waals surface area contributed by atoms with Gasteiger partial charge in [-0.15, -0.1) is 0 Å². The van der Waals surface area contributed by atoms with Crippen molar-refractivity contribution in [2.45, 2.75) is 49.3 Å². The summed E-state index contributed by atoms with van der Waals surface area (Å²) in [6, 6.07) is 10.7. The topological polar surface area (TPSA) is 69.8 Å². The van der Waals surface area contributed by atoms with Crippen LogP contribution in [0.4, 0.5) is 0 Å². The normalized spacial score (nSPS) is 15.9. The summed E-state index contributed by atoms with van der Waals surface area (Å²) in [4.78, 5) is 4.94. The SMILES string of the molecule is Cn1cc(-c2cn(S(=O)(=O)c3ccccc3)c3ncc(C4CCCCCC4)cc23)cn1. The van der Waals surface area contributed by atoms with Crippen LogP contribution in [0.5, 0.6) is 0 Å². The first-order valence-electron chi connectivity index (χ1n) is 10.8. The van der Waals surface area contributed by atoms with Crippen molar-refractivity contribution in [3.05, 3.63) is 66.7 Å². The highest BCUT2D eigenvalue weighted by Gasteiger charge is 2.24. The van der Waals surface area contributed by atoms with Gasteiger partial charge in [-0.3, -0.25) is 4.68 Å². The van der Waals surface area contributed by atoms with E-state index in [9.17, 15) is 8.42 Å². The van der Waals surface area contributed by atoms with Gasteiger partial charge in [0, 0.05) is 42.2 Å². The van der Waals surface area contributed by atoms with Gasteiger partial charge in [0.1, 0.15) is 0 Å². The number of aryl methyl sites for hydroxylation is 1. The van der Waals surface area contributed by atoms with Gasteiger partial charge in [0.05, 0.1) is 11.1 Å². The van der Waals surface area contributed by atoms with E-state index >= 15 is 0 Å². The molecule has 0 aliphatic heterocycles. The summed E-state index contributed by atoms with van der Waals surface area (Å²) in [5, 5.41) is 5.15. The maximum absolute atomic E-state index is 13.4. The van der Waals surface area contributed by atoms with Crippen molar-refractivity contribution in [2.75, 3.05) is 0 Å². The molecule has 0 spiro atoms. The Balaban J connectivity index is 1.70. The Labute approximate surface area is 182 Å². The maximum atomic E-state index is 13.4. The van der Waals surface area contributed by atoms with E-state index in [1.807, 2.05) is 25.5 Å². The first kappa shape index (κ1) is 20.0. The molecule has 0 atom stereocenters. The van der Waals surface area contributed by atoms with Crippen LogP contribution >= 0.6 is 0 Å². The summed E-state index contributed by atoms with van der Waals surface area (Å²) in [7, 11) is -1.90. The van der Waals surface area contributed by atoms with Gasteiger partial charge in [0.2, 0.25) is 0 Å². The smallest absolute Gasteiger partial charge is 0.269 e. The van der Waals surface area contributed by atoms with Crippen LogP contribution in [0.2, 0.25) is 0 Å². The van der Waals surface area contributed by atoms with Crippen LogP contribution in [0, 0.1) is 0 Å². The molecule has 0 saturated heterocycles. The lowest BCUT2D eigenvalue weighted by Crippen LogP contribution is -2.12. The van der Waals surface area contributed by atoms with Crippen LogP contribution in [0.1, 0.15) is 50.0 Å². The number of nitrogens with zero attached hydrogens (tertiary/aromatic N) is 4. The van der Waals surface area contributed by atoms with Gasteiger partial charge in [-0.1, -0.05) is 43.9 Å². The molecular weight excluding hydrogens is 408 g/mol. The summed E-state index contributed by atoms with van der Waals surface area (Å²) in [6.45, 7) is 0. The molecule has 1 aliphatic rings.